The van der Waals surface area contributed by atoms with Gasteiger partial charge in [0.15, 0.2) is 5.78 Å². The quantitative estimate of drug-likeness (QED) is 0.411. The van der Waals surface area contributed by atoms with E-state index in [0.717, 1.165) is 17.8 Å². The van der Waals surface area contributed by atoms with Crippen LogP contribution in [0.25, 0.3) is 5.57 Å². The summed E-state index contributed by atoms with van der Waals surface area (Å²) >= 11 is 0.927. The van der Waals surface area contributed by atoms with E-state index in [1.54, 1.807) is 36.4 Å². The molecular formula is C21H18O5S. The minimum Gasteiger partial charge on any atom is -0.466 e. The van der Waals surface area contributed by atoms with Crippen molar-refractivity contribution < 1.29 is 23.9 Å². The molecule has 0 bridgehead atoms. The summed E-state index contributed by atoms with van der Waals surface area (Å²) in [4.78, 5) is 36.4. The first-order valence-electron chi connectivity index (χ1n) is 7.96. The van der Waals surface area contributed by atoms with Gasteiger partial charge in [-0.2, -0.15) is 0 Å². The van der Waals surface area contributed by atoms with Crippen LogP contribution in [0.2, 0.25) is 0 Å². The molecule has 2 rings (SSSR count). The zero-order valence-electron chi connectivity index (χ0n) is 14.9. The molecule has 2 aromatic rings. The zero-order valence-corrected chi connectivity index (χ0v) is 15.7. The Morgan fingerprint density at radius 1 is 0.815 bits per heavy atom. The van der Waals surface area contributed by atoms with Crippen LogP contribution in [0, 0.1) is 0 Å². The topological polar surface area (TPSA) is 69.7 Å². The van der Waals surface area contributed by atoms with Gasteiger partial charge in [0.2, 0.25) is 0 Å². The Morgan fingerprint density at radius 2 is 1.37 bits per heavy atom. The number of ether oxygens (including phenoxy) is 2. The van der Waals surface area contributed by atoms with Crippen LogP contribution in [0.5, 0.6) is 0 Å². The van der Waals surface area contributed by atoms with Crippen molar-refractivity contribution in [2.45, 2.75) is 0 Å². The number of ketones is 1. The number of thioether (sulfide) groups is 1. The monoisotopic (exact) mass is 382 g/mol. The maximum Gasteiger partial charge on any atom is 0.344 e. The van der Waals surface area contributed by atoms with E-state index in [-0.39, 0.29) is 10.7 Å². The molecule has 0 aliphatic rings. The van der Waals surface area contributed by atoms with Crippen molar-refractivity contribution in [2.24, 2.45) is 0 Å². The second-order valence-corrected chi connectivity index (χ2v) is 6.15. The van der Waals surface area contributed by atoms with E-state index in [1.807, 2.05) is 24.3 Å². The maximum atomic E-state index is 13.0. The van der Waals surface area contributed by atoms with Crippen molar-refractivity contribution in [1.29, 1.82) is 0 Å². The van der Waals surface area contributed by atoms with Gasteiger partial charge in [-0.15, -0.1) is 0 Å². The lowest BCUT2D eigenvalue weighted by Gasteiger charge is -2.08. The summed E-state index contributed by atoms with van der Waals surface area (Å²) in [6, 6.07) is 17.9. The summed E-state index contributed by atoms with van der Waals surface area (Å²) < 4.78 is 9.25. The van der Waals surface area contributed by atoms with Crippen molar-refractivity contribution in [1.82, 2.24) is 0 Å². The SMILES string of the molecule is COC(=O)/C=C(\S/C=C(/C(=O)c1ccccc1)c1ccccc1)C(=O)OC. The summed E-state index contributed by atoms with van der Waals surface area (Å²) in [6.07, 6.45) is 1.03. The standard InChI is InChI=1S/C21H18O5S/c1-25-19(22)13-18(21(24)26-2)27-14-17(15-9-5-3-6-10-15)20(23)16-11-7-4-8-12-16/h3-14H,1-2H3/b17-14+,18-13-. The first kappa shape index (κ1) is 20.2. The van der Waals surface area contributed by atoms with Gasteiger partial charge in [-0.25, -0.2) is 9.59 Å². The number of carbonyl (C=O) groups is 3. The van der Waals surface area contributed by atoms with Gasteiger partial charge in [-0.3, -0.25) is 4.79 Å². The number of allylic oxidation sites excluding steroid dienone is 1. The van der Waals surface area contributed by atoms with Crippen LogP contribution < -0.4 is 0 Å². The van der Waals surface area contributed by atoms with Gasteiger partial charge in [-0.05, 0) is 11.0 Å². The molecule has 0 N–H and O–H groups in total. The van der Waals surface area contributed by atoms with Crippen LogP contribution in [0.4, 0.5) is 0 Å². The molecule has 0 saturated heterocycles. The molecule has 6 heteroatoms. The van der Waals surface area contributed by atoms with Crippen LogP contribution in [0.3, 0.4) is 0 Å². The van der Waals surface area contributed by atoms with Crippen molar-refractivity contribution in [2.75, 3.05) is 14.2 Å². The molecule has 0 amide bonds. The Hall–Kier alpha value is -3.12. The Balaban J connectivity index is 2.43. The van der Waals surface area contributed by atoms with Crippen molar-refractivity contribution in [3.8, 4) is 0 Å². The molecule has 0 heterocycles. The number of hydrogen-bond donors (Lipinski definition) is 0. The molecule has 0 aliphatic carbocycles. The van der Waals surface area contributed by atoms with Crippen LogP contribution in [-0.2, 0) is 19.1 Å². The van der Waals surface area contributed by atoms with E-state index in [0.29, 0.717) is 16.7 Å². The molecule has 5 nitrogen and oxygen atoms in total. The van der Waals surface area contributed by atoms with E-state index in [2.05, 4.69) is 4.74 Å². The average Bonchev–Trinajstić information content (AvgIpc) is 2.73. The van der Waals surface area contributed by atoms with Crippen molar-refractivity contribution in [3.05, 3.63) is 88.2 Å². The summed E-state index contributed by atoms with van der Waals surface area (Å²) in [5, 5.41) is 1.54. The fraction of sp³-hybridized carbons (Fsp3) is 0.0952. The molecular weight excluding hydrogens is 364 g/mol. The van der Waals surface area contributed by atoms with Gasteiger partial charge in [-0.1, -0.05) is 72.4 Å². The second kappa shape index (κ2) is 10.1. The summed E-state index contributed by atoms with van der Waals surface area (Å²) in [7, 11) is 2.42. The fourth-order valence-electron chi connectivity index (χ4n) is 2.15. The molecule has 0 fully saturated rings. The third-order valence-corrected chi connectivity index (χ3v) is 4.40. The molecule has 0 aliphatic heterocycles. The molecule has 0 atom stereocenters. The third kappa shape index (κ3) is 5.69. The minimum absolute atomic E-state index is 0.0126. The summed E-state index contributed by atoms with van der Waals surface area (Å²) in [5.41, 5.74) is 1.61. The highest BCUT2D eigenvalue weighted by atomic mass is 32.2. The lowest BCUT2D eigenvalue weighted by Crippen LogP contribution is -2.06. The Morgan fingerprint density at radius 3 is 1.89 bits per heavy atom. The number of benzene rings is 2. The zero-order chi connectivity index (χ0) is 19.6. The van der Waals surface area contributed by atoms with Gasteiger partial charge >= 0.3 is 11.9 Å². The highest BCUT2D eigenvalue weighted by Crippen LogP contribution is 2.27. The number of rotatable bonds is 7. The molecule has 138 valence electrons. The highest BCUT2D eigenvalue weighted by molar-refractivity contribution is 8.06. The smallest absolute Gasteiger partial charge is 0.344 e. The largest absolute Gasteiger partial charge is 0.466 e. The van der Waals surface area contributed by atoms with Gasteiger partial charge in [0.05, 0.1) is 14.2 Å². The third-order valence-electron chi connectivity index (χ3n) is 3.51. The van der Waals surface area contributed by atoms with E-state index < -0.39 is 11.9 Å². The molecule has 0 spiro atoms. The number of methoxy groups -OCH3 is 2. The predicted molar refractivity (Wildman–Crippen MR) is 105 cm³/mol. The molecule has 0 radical (unpaired) electrons. The molecule has 2 aromatic carbocycles. The first-order chi connectivity index (χ1) is 13.1. The number of Topliss-reactive ketones (excluding diaryl/α,β-unsaturated/α-hetero) is 1. The van der Waals surface area contributed by atoms with Crippen LogP contribution >= 0.6 is 11.8 Å². The number of esters is 2. The highest BCUT2D eigenvalue weighted by Gasteiger charge is 2.17. The van der Waals surface area contributed by atoms with Gasteiger partial charge in [0.1, 0.15) is 4.91 Å². The summed E-state index contributed by atoms with van der Waals surface area (Å²) in [5.74, 6) is -1.58. The van der Waals surface area contributed by atoms with Gasteiger partial charge in [0.25, 0.3) is 0 Å². The van der Waals surface area contributed by atoms with Crippen LogP contribution in [0.15, 0.2) is 77.1 Å². The van der Waals surface area contributed by atoms with Crippen molar-refractivity contribution in [3.63, 3.8) is 0 Å². The number of carbonyl (C=O) groups excluding carboxylic acids is 3. The fourth-order valence-corrected chi connectivity index (χ4v) is 2.98. The Kier molecular flexibility index (Phi) is 7.58. The lowest BCUT2D eigenvalue weighted by molar-refractivity contribution is -0.137. The van der Waals surface area contributed by atoms with Gasteiger partial charge in [0, 0.05) is 17.2 Å². The number of hydrogen-bond acceptors (Lipinski definition) is 6. The molecule has 27 heavy (non-hydrogen) atoms. The normalized spacial score (nSPS) is 11.6. The predicted octanol–water partition coefficient (Wildman–Crippen LogP) is 3.87. The van der Waals surface area contributed by atoms with E-state index in [9.17, 15) is 14.4 Å². The Labute approximate surface area is 161 Å². The molecule has 0 aromatic heterocycles. The first-order valence-corrected chi connectivity index (χ1v) is 8.84. The lowest BCUT2D eigenvalue weighted by atomic mass is 9.98. The molecule has 0 saturated carbocycles. The molecule has 0 unspecified atom stereocenters. The van der Waals surface area contributed by atoms with E-state index in [4.69, 9.17) is 4.74 Å². The van der Waals surface area contributed by atoms with Gasteiger partial charge < -0.3 is 9.47 Å². The second-order valence-electron chi connectivity index (χ2n) is 5.23. The Bertz CT molecular complexity index is 870. The van der Waals surface area contributed by atoms with E-state index >= 15 is 0 Å². The summed E-state index contributed by atoms with van der Waals surface area (Å²) in [6.45, 7) is 0. The minimum atomic E-state index is -0.693. The van der Waals surface area contributed by atoms with Crippen molar-refractivity contribution >= 4 is 35.1 Å². The maximum absolute atomic E-state index is 13.0. The van der Waals surface area contributed by atoms with Crippen LogP contribution in [0.1, 0.15) is 15.9 Å². The average molecular weight is 382 g/mol. The van der Waals surface area contributed by atoms with E-state index in [1.165, 1.54) is 19.6 Å². The van der Waals surface area contributed by atoms with Crippen LogP contribution in [-0.4, -0.2) is 31.9 Å².